The van der Waals surface area contributed by atoms with Crippen molar-refractivity contribution in [3.8, 4) is 0 Å². The average Bonchev–Trinajstić information content (AvgIpc) is 2.85. The minimum Gasteiger partial charge on any atom is -0.392 e. The van der Waals surface area contributed by atoms with E-state index < -0.39 is 10.0 Å². The number of nitrogens with zero attached hydrogens (tertiary/aromatic N) is 1. The summed E-state index contributed by atoms with van der Waals surface area (Å²) in [4.78, 5) is 5.32. The van der Waals surface area contributed by atoms with Crippen LogP contribution in [0.5, 0.6) is 0 Å². The number of sulfonamides is 1. The Hall–Kier alpha value is -0.800. The third-order valence-corrected chi connectivity index (χ3v) is 6.17. The second-order valence-electron chi connectivity index (χ2n) is 4.55. The fourth-order valence-corrected chi connectivity index (χ4v) is 4.55. The van der Waals surface area contributed by atoms with Gasteiger partial charge in [0.15, 0.2) is 0 Å². The van der Waals surface area contributed by atoms with Gasteiger partial charge in [0, 0.05) is 15.5 Å². The van der Waals surface area contributed by atoms with Crippen molar-refractivity contribution in [2.24, 2.45) is 0 Å². The largest absolute Gasteiger partial charge is 0.392 e. The SMILES string of the molecule is Cc1cnc(CNS(=O)(=O)c2cc(CO)cc(Br)c2C)s1. The van der Waals surface area contributed by atoms with E-state index in [4.69, 9.17) is 0 Å². The zero-order chi connectivity index (χ0) is 15.6. The molecule has 2 rings (SSSR count). The van der Waals surface area contributed by atoms with Crippen molar-refractivity contribution >= 4 is 37.3 Å². The molecule has 2 aromatic rings. The van der Waals surface area contributed by atoms with Gasteiger partial charge in [-0.1, -0.05) is 15.9 Å². The van der Waals surface area contributed by atoms with Crippen LogP contribution in [0.2, 0.25) is 0 Å². The molecule has 2 N–H and O–H groups in total. The van der Waals surface area contributed by atoms with Crippen LogP contribution in [0.1, 0.15) is 21.0 Å². The van der Waals surface area contributed by atoms with Gasteiger partial charge in [0.05, 0.1) is 18.0 Å². The van der Waals surface area contributed by atoms with Crippen LogP contribution in [0.4, 0.5) is 0 Å². The molecule has 0 fully saturated rings. The van der Waals surface area contributed by atoms with E-state index in [0.717, 1.165) is 4.88 Å². The van der Waals surface area contributed by atoms with E-state index in [-0.39, 0.29) is 18.0 Å². The predicted octanol–water partition coefficient (Wildman–Crippen LogP) is 2.49. The number of nitrogens with one attached hydrogen (secondary N) is 1. The first kappa shape index (κ1) is 16.6. The lowest BCUT2D eigenvalue weighted by molar-refractivity contribution is 0.281. The fraction of sp³-hybridized carbons (Fsp3) is 0.308. The van der Waals surface area contributed by atoms with Crippen LogP contribution >= 0.6 is 27.3 Å². The average molecular weight is 391 g/mol. The van der Waals surface area contributed by atoms with E-state index >= 15 is 0 Å². The molecular weight excluding hydrogens is 376 g/mol. The standard InChI is InChI=1S/C13H15BrN2O3S2/c1-8-5-15-13(20-8)6-16-21(18,19)12-4-10(7-17)3-11(14)9(12)2/h3-5,16-17H,6-7H2,1-2H3. The summed E-state index contributed by atoms with van der Waals surface area (Å²) in [7, 11) is -3.66. The number of thiazole rings is 1. The molecule has 0 amide bonds. The molecule has 8 heteroatoms. The number of hydrogen-bond donors (Lipinski definition) is 2. The molecule has 0 aliphatic rings. The van der Waals surface area contributed by atoms with Gasteiger partial charge in [-0.25, -0.2) is 18.1 Å². The molecule has 0 unspecified atom stereocenters. The lowest BCUT2D eigenvalue weighted by Crippen LogP contribution is -2.24. The molecule has 0 aliphatic carbocycles. The zero-order valence-corrected chi connectivity index (χ0v) is 14.8. The first-order valence-electron chi connectivity index (χ1n) is 6.14. The molecule has 0 aliphatic heterocycles. The van der Waals surface area contributed by atoms with Crippen molar-refractivity contribution < 1.29 is 13.5 Å². The highest BCUT2D eigenvalue weighted by molar-refractivity contribution is 9.10. The number of aromatic nitrogens is 1. The van der Waals surface area contributed by atoms with Crippen molar-refractivity contribution in [1.82, 2.24) is 9.71 Å². The van der Waals surface area contributed by atoms with Crippen LogP contribution in [0.25, 0.3) is 0 Å². The lowest BCUT2D eigenvalue weighted by Gasteiger charge is -2.11. The molecule has 0 saturated heterocycles. The zero-order valence-electron chi connectivity index (χ0n) is 11.6. The normalized spacial score (nSPS) is 11.8. The van der Waals surface area contributed by atoms with E-state index in [2.05, 4.69) is 25.6 Å². The number of rotatable bonds is 5. The predicted molar refractivity (Wildman–Crippen MR) is 85.7 cm³/mol. The van der Waals surface area contributed by atoms with Crippen LogP contribution in [0.3, 0.4) is 0 Å². The molecule has 0 atom stereocenters. The molecule has 0 bridgehead atoms. The van der Waals surface area contributed by atoms with Gasteiger partial charge in [-0.05, 0) is 37.1 Å². The molecule has 1 aromatic heterocycles. The van der Waals surface area contributed by atoms with Gasteiger partial charge in [0.2, 0.25) is 10.0 Å². The first-order chi connectivity index (χ1) is 9.83. The molecule has 0 spiro atoms. The van der Waals surface area contributed by atoms with E-state index in [1.54, 1.807) is 19.2 Å². The first-order valence-corrected chi connectivity index (χ1v) is 9.23. The smallest absolute Gasteiger partial charge is 0.241 e. The van der Waals surface area contributed by atoms with Crippen LogP contribution in [0.15, 0.2) is 27.7 Å². The minimum absolute atomic E-state index is 0.154. The molecular formula is C13H15BrN2O3S2. The van der Waals surface area contributed by atoms with Crippen molar-refractivity contribution in [2.75, 3.05) is 0 Å². The van der Waals surface area contributed by atoms with Crippen LogP contribution < -0.4 is 4.72 Å². The Labute approximate surface area is 136 Å². The summed E-state index contributed by atoms with van der Waals surface area (Å²) < 4.78 is 28.0. The van der Waals surface area contributed by atoms with Gasteiger partial charge in [-0.15, -0.1) is 11.3 Å². The highest BCUT2D eigenvalue weighted by atomic mass is 79.9. The summed E-state index contributed by atoms with van der Waals surface area (Å²) >= 11 is 4.77. The van der Waals surface area contributed by atoms with Gasteiger partial charge in [0.25, 0.3) is 0 Å². The molecule has 1 aromatic carbocycles. The van der Waals surface area contributed by atoms with Crippen molar-refractivity contribution in [3.05, 3.63) is 43.8 Å². The Bertz CT molecular complexity index is 757. The van der Waals surface area contributed by atoms with Crippen molar-refractivity contribution in [2.45, 2.75) is 31.9 Å². The van der Waals surface area contributed by atoms with Gasteiger partial charge in [0.1, 0.15) is 5.01 Å². The van der Waals surface area contributed by atoms with Crippen molar-refractivity contribution in [3.63, 3.8) is 0 Å². The Kier molecular flexibility index (Phi) is 5.15. The number of aliphatic hydroxyl groups is 1. The third-order valence-electron chi connectivity index (χ3n) is 2.91. The van der Waals surface area contributed by atoms with Crippen LogP contribution in [-0.2, 0) is 23.2 Å². The maximum absolute atomic E-state index is 12.4. The van der Waals surface area contributed by atoms with E-state index in [0.29, 0.717) is 20.6 Å². The Morgan fingerprint density at radius 1 is 1.38 bits per heavy atom. The molecule has 5 nitrogen and oxygen atoms in total. The minimum atomic E-state index is -3.66. The van der Waals surface area contributed by atoms with Crippen LogP contribution in [0, 0.1) is 13.8 Å². The summed E-state index contributed by atoms with van der Waals surface area (Å²) in [6.07, 6.45) is 1.71. The lowest BCUT2D eigenvalue weighted by atomic mass is 10.2. The quantitative estimate of drug-likeness (QED) is 0.821. The molecule has 1 heterocycles. The summed E-state index contributed by atoms with van der Waals surface area (Å²) in [5.41, 5.74) is 1.15. The summed E-state index contributed by atoms with van der Waals surface area (Å²) in [5, 5.41) is 9.92. The van der Waals surface area contributed by atoms with E-state index in [9.17, 15) is 13.5 Å². The molecule has 114 valence electrons. The van der Waals surface area contributed by atoms with Gasteiger partial charge < -0.3 is 5.11 Å². The number of aliphatic hydroxyl groups excluding tert-OH is 1. The monoisotopic (exact) mass is 390 g/mol. The third kappa shape index (κ3) is 3.89. The topological polar surface area (TPSA) is 79.3 Å². The summed E-state index contributed by atoms with van der Waals surface area (Å²) in [6.45, 7) is 3.57. The molecule has 0 saturated carbocycles. The molecule has 21 heavy (non-hydrogen) atoms. The maximum Gasteiger partial charge on any atom is 0.241 e. The fourth-order valence-electron chi connectivity index (χ4n) is 1.80. The second-order valence-corrected chi connectivity index (χ2v) is 8.46. The number of hydrogen-bond acceptors (Lipinski definition) is 5. The number of halogens is 1. The Morgan fingerprint density at radius 2 is 2.10 bits per heavy atom. The second kappa shape index (κ2) is 6.53. The molecule has 0 radical (unpaired) electrons. The van der Waals surface area contributed by atoms with E-state index in [1.807, 2.05) is 6.92 Å². The van der Waals surface area contributed by atoms with Gasteiger partial charge >= 0.3 is 0 Å². The Balaban J connectivity index is 2.29. The number of benzene rings is 1. The summed E-state index contributed by atoms with van der Waals surface area (Å²) in [5.74, 6) is 0. The Morgan fingerprint density at radius 3 is 2.67 bits per heavy atom. The van der Waals surface area contributed by atoms with Crippen LogP contribution in [-0.4, -0.2) is 18.5 Å². The van der Waals surface area contributed by atoms with Gasteiger partial charge in [-0.3, -0.25) is 0 Å². The maximum atomic E-state index is 12.4. The van der Waals surface area contributed by atoms with E-state index in [1.165, 1.54) is 17.4 Å². The van der Waals surface area contributed by atoms with Gasteiger partial charge in [-0.2, -0.15) is 0 Å². The number of aryl methyl sites for hydroxylation is 1. The summed E-state index contributed by atoms with van der Waals surface area (Å²) in [6, 6.07) is 3.19. The highest BCUT2D eigenvalue weighted by Gasteiger charge is 2.19. The van der Waals surface area contributed by atoms with Crippen molar-refractivity contribution in [1.29, 1.82) is 0 Å². The highest BCUT2D eigenvalue weighted by Crippen LogP contribution is 2.26.